The van der Waals surface area contributed by atoms with Gasteiger partial charge in [-0.1, -0.05) is 22.7 Å². The van der Waals surface area contributed by atoms with Crippen LogP contribution in [0, 0.1) is 10.1 Å². The van der Waals surface area contributed by atoms with Crippen LogP contribution in [0.2, 0.25) is 0 Å². The largest absolute Gasteiger partial charge is 0.497 e. The maximum atomic E-state index is 13.4. The van der Waals surface area contributed by atoms with E-state index >= 15 is 0 Å². The fourth-order valence-electron chi connectivity index (χ4n) is 2.91. The van der Waals surface area contributed by atoms with Gasteiger partial charge in [-0.2, -0.15) is 10.1 Å². The first-order valence-corrected chi connectivity index (χ1v) is 11.3. The summed E-state index contributed by atoms with van der Waals surface area (Å²) >= 11 is 2.17. The van der Waals surface area contributed by atoms with Gasteiger partial charge in [-0.25, -0.2) is 9.78 Å². The number of nitro groups is 1. The molecule has 0 spiro atoms. The Bertz CT molecular complexity index is 1410. The van der Waals surface area contributed by atoms with Crippen molar-refractivity contribution >= 4 is 61.1 Å². The second-order valence-corrected chi connectivity index (χ2v) is 8.80. The first kappa shape index (κ1) is 23.0. The van der Waals surface area contributed by atoms with E-state index in [1.807, 2.05) is 0 Å². The van der Waals surface area contributed by atoms with Crippen LogP contribution in [0.4, 0.5) is 10.1 Å². The molecule has 10 nitrogen and oxygen atoms in total. The average Bonchev–Trinajstić information content (AvgIpc) is 3.50. The predicted molar refractivity (Wildman–Crippen MR) is 129 cm³/mol. The zero-order valence-electron chi connectivity index (χ0n) is 17.8. The van der Waals surface area contributed by atoms with Crippen LogP contribution in [-0.4, -0.2) is 42.2 Å². The maximum Gasteiger partial charge on any atom is 0.337 e. The molecular weight excluding hydrogens is 480 g/mol. The number of ether oxygens (including phenoxy) is 2. The summed E-state index contributed by atoms with van der Waals surface area (Å²) in [5.74, 6) is -0.369. The van der Waals surface area contributed by atoms with Gasteiger partial charge in [0.1, 0.15) is 5.75 Å². The molecule has 2 aromatic heterocycles. The first-order chi connectivity index (χ1) is 16.4. The number of fused-ring (bicyclic) bond motifs is 1. The summed E-state index contributed by atoms with van der Waals surface area (Å²) in [7, 11) is 2.83. The van der Waals surface area contributed by atoms with Gasteiger partial charge in [0, 0.05) is 11.6 Å². The zero-order valence-corrected chi connectivity index (χ0v) is 19.5. The van der Waals surface area contributed by atoms with Crippen molar-refractivity contribution in [2.75, 3.05) is 19.2 Å². The Morgan fingerprint density at radius 2 is 1.79 bits per heavy atom. The van der Waals surface area contributed by atoms with E-state index in [2.05, 4.69) is 14.8 Å². The van der Waals surface area contributed by atoms with Gasteiger partial charge in [-0.3, -0.25) is 14.9 Å². The number of methoxy groups -OCH3 is 2. The van der Waals surface area contributed by atoms with E-state index < -0.39 is 16.8 Å². The summed E-state index contributed by atoms with van der Waals surface area (Å²) in [6.45, 7) is 0. The van der Waals surface area contributed by atoms with Crippen molar-refractivity contribution in [2.45, 2.75) is 0 Å². The molecule has 12 heteroatoms. The lowest BCUT2D eigenvalue weighted by Gasteiger charge is -2.13. The molecule has 4 rings (SSSR count). The van der Waals surface area contributed by atoms with Gasteiger partial charge >= 0.3 is 11.0 Å². The number of esters is 1. The molecule has 34 heavy (non-hydrogen) atoms. The van der Waals surface area contributed by atoms with Crippen molar-refractivity contribution in [3.8, 4) is 5.75 Å². The van der Waals surface area contributed by atoms with Gasteiger partial charge in [0.05, 0.1) is 46.0 Å². The van der Waals surface area contributed by atoms with E-state index in [-0.39, 0.29) is 10.6 Å². The lowest BCUT2D eigenvalue weighted by atomic mass is 10.1. The fraction of sp³-hybridized carbons (Fsp3) is 0.0909. The molecule has 2 heterocycles. The Morgan fingerprint density at radius 1 is 1.06 bits per heavy atom. The monoisotopic (exact) mass is 496 g/mol. The van der Waals surface area contributed by atoms with Crippen LogP contribution in [0.3, 0.4) is 0 Å². The number of carbonyl (C=O) groups is 2. The van der Waals surface area contributed by atoms with Crippen LogP contribution < -0.4 is 9.75 Å². The fourth-order valence-corrected chi connectivity index (χ4v) is 4.55. The molecule has 172 valence electrons. The lowest BCUT2D eigenvalue weighted by molar-refractivity contribution is -0.380. The van der Waals surface area contributed by atoms with Crippen LogP contribution in [0.5, 0.6) is 5.75 Å². The smallest absolute Gasteiger partial charge is 0.337 e. The number of nitrogens with zero attached hydrogens (tertiary/aromatic N) is 4. The molecular formula is C22H16N4O6S2. The molecule has 0 aliphatic rings. The highest BCUT2D eigenvalue weighted by molar-refractivity contribution is 7.22. The van der Waals surface area contributed by atoms with Crippen LogP contribution in [0.15, 0.2) is 59.7 Å². The third kappa shape index (κ3) is 4.77. The van der Waals surface area contributed by atoms with Crippen LogP contribution in [0.1, 0.15) is 25.6 Å². The molecule has 0 N–H and O–H groups in total. The van der Waals surface area contributed by atoms with Crippen molar-refractivity contribution in [3.63, 3.8) is 0 Å². The minimum atomic E-state index is -0.520. The summed E-state index contributed by atoms with van der Waals surface area (Å²) in [5, 5.41) is 16.7. The molecule has 4 aromatic rings. The van der Waals surface area contributed by atoms with Gasteiger partial charge in [0.2, 0.25) is 5.13 Å². The molecule has 2 aromatic carbocycles. The van der Waals surface area contributed by atoms with Gasteiger partial charge in [0.25, 0.3) is 5.91 Å². The Balaban J connectivity index is 1.72. The summed E-state index contributed by atoms with van der Waals surface area (Å²) in [5.41, 5.74) is 1.22. The zero-order chi connectivity index (χ0) is 24.2. The number of hydrogen-bond donors (Lipinski definition) is 0. The van der Waals surface area contributed by atoms with E-state index in [4.69, 9.17) is 4.74 Å². The predicted octanol–water partition coefficient (Wildman–Crippen LogP) is 4.74. The van der Waals surface area contributed by atoms with E-state index in [1.54, 1.807) is 31.4 Å². The maximum absolute atomic E-state index is 13.4. The molecule has 0 fully saturated rings. The third-order valence-electron chi connectivity index (χ3n) is 4.60. The van der Waals surface area contributed by atoms with Crippen LogP contribution in [0.25, 0.3) is 10.2 Å². The molecule has 0 saturated carbocycles. The van der Waals surface area contributed by atoms with Crippen molar-refractivity contribution in [3.05, 3.63) is 80.7 Å². The highest BCUT2D eigenvalue weighted by Crippen LogP contribution is 2.32. The SMILES string of the molecule is COC(=O)c1ccc(C(=O)N(/N=C/c2ccc([N+](=O)[O-])s2)c2nc3ccc(OC)cc3s2)cc1. The number of benzene rings is 2. The molecule has 0 saturated heterocycles. The number of anilines is 1. The second-order valence-electron chi connectivity index (χ2n) is 6.69. The molecule has 0 radical (unpaired) electrons. The number of aromatic nitrogens is 1. The third-order valence-corrected chi connectivity index (χ3v) is 6.57. The Morgan fingerprint density at radius 3 is 2.44 bits per heavy atom. The molecule has 0 aliphatic heterocycles. The number of amides is 1. The quantitative estimate of drug-likeness (QED) is 0.157. The molecule has 0 bridgehead atoms. The molecule has 1 amide bonds. The van der Waals surface area contributed by atoms with Gasteiger partial charge in [-0.05, 0) is 48.5 Å². The number of hydrazone groups is 1. The number of carbonyl (C=O) groups excluding carboxylic acids is 2. The second kappa shape index (κ2) is 9.77. The number of thiophene rings is 1. The Kier molecular flexibility index (Phi) is 6.61. The van der Waals surface area contributed by atoms with Gasteiger partial charge in [-0.15, -0.1) is 0 Å². The number of rotatable bonds is 7. The van der Waals surface area contributed by atoms with Crippen LogP contribution in [-0.2, 0) is 4.74 Å². The summed E-state index contributed by atoms with van der Waals surface area (Å²) in [4.78, 5) is 40.6. The van der Waals surface area contributed by atoms with Crippen molar-refractivity contribution in [2.24, 2.45) is 5.10 Å². The van der Waals surface area contributed by atoms with E-state index in [0.717, 1.165) is 21.0 Å². The van der Waals surface area contributed by atoms with Crippen molar-refractivity contribution in [1.82, 2.24) is 4.98 Å². The van der Waals surface area contributed by atoms with E-state index in [9.17, 15) is 19.7 Å². The minimum absolute atomic E-state index is 0.0372. The first-order valence-electron chi connectivity index (χ1n) is 9.65. The van der Waals surface area contributed by atoms with Crippen molar-refractivity contribution < 1.29 is 24.0 Å². The summed E-state index contributed by atoms with van der Waals surface area (Å²) in [6.07, 6.45) is 1.37. The number of hydrogen-bond acceptors (Lipinski definition) is 10. The Labute approximate surface area is 200 Å². The van der Waals surface area contributed by atoms with Gasteiger partial charge in [0.15, 0.2) is 0 Å². The highest BCUT2D eigenvalue weighted by atomic mass is 32.1. The Hall–Kier alpha value is -4.16. The topological polar surface area (TPSA) is 124 Å². The average molecular weight is 497 g/mol. The number of thiazole rings is 1. The minimum Gasteiger partial charge on any atom is -0.497 e. The molecule has 0 aliphatic carbocycles. The lowest BCUT2D eigenvalue weighted by Crippen LogP contribution is -2.25. The molecule has 0 atom stereocenters. The summed E-state index contributed by atoms with van der Waals surface area (Å²) < 4.78 is 10.7. The highest BCUT2D eigenvalue weighted by Gasteiger charge is 2.22. The summed E-state index contributed by atoms with van der Waals surface area (Å²) in [6, 6.07) is 14.2. The standard InChI is InChI=1S/C22H16N4O6S2/c1-31-15-7-9-17-18(11-15)34-22(24-17)25(23-12-16-8-10-19(33-16)26(29)30)20(27)13-3-5-14(6-4-13)21(28)32-2/h3-12H,1-2H3/b23-12+. The van der Waals surface area contributed by atoms with E-state index in [0.29, 0.717) is 26.8 Å². The van der Waals surface area contributed by atoms with Crippen LogP contribution >= 0.6 is 22.7 Å². The van der Waals surface area contributed by atoms with Crippen molar-refractivity contribution in [1.29, 1.82) is 0 Å². The van der Waals surface area contributed by atoms with E-state index in [1.165, 1.54) is 55.0 Å². The van der Waals surface area contributed by atoms with Gasteiger partial charge < -0.3 is 9.47 Å². The normalized spacial score (nSPS) is 11.0. The molecule has 0 unspecified atom stereocenters.